The number of piperidine rings is 1. The van der Waals surface area contributed by atoms with Crippen LogP contribution in [-0.4, -0.2) is 77.4 Å². The first-order valence-electron chi connectivity index (χ1n) is 13.0. The summed E-state index contributed by atoms with van der Waals surface area (Å²) in [5.74, 6) is 2.85. The van der Waals surface area contributed by atoms with E-state index in [9.17, 15) is 9.90 Å². The number of aromatic nitrogens is 3. The Balaban J connectivity index is 1.40. The molecule has 2 unspecified atom stereocenters. The van der Waals surface area contributed by atoms with Gasteiger partial charge in [0.1, 0.15) is 17.5 Å². The van der Waals surface area contributed by atoms with Crippen molar-refractivity contribution in [2.45, 2.75) is 65.0 Å². The van der Waals surface area contributed by atoms with Gasteiger partial charge in [0.15, 0.2) is 0 Å². The minimum absolute atomic E-state index is 0.229. The average molecular weight is 480 g/mol. The first kappa shape index (κ1) is 23.6. The molecular weight excluding hydrogens is 442 g/mol. The minimum Gasteiger partial charge on any atom is -0.478 e. The smallest absolute Gasteiger partial charge is 0.337 e. The summed E-state index contributed by atoms with van der Waals surface area (Å²) in [5.41, 5.74) is 1.12. The number of piperazine rings is 1. The van der Waals surface area contributed by atoms with Crippen LogP contribution in [0.3, 0.4) is 0 Å². The number of carboxylic acid groups (broad SMARTS) is 1. The monoisotopic (exact) mass is 479 g/mol. The van der Waals surface area contributed by atoms with Crippen molar-refractivity contribution in [3.05, 3.63) is 29.5 Å². The van der Waals surface area contributed by atoms with Gasteiger partial charge in [-0.2, -0.15) is 9.97 Å². The molecule has 0 bridgehead atoms. The minimum atomic E-state index is -0.943. The van der Waals surface area contributed by atoms with Gasteiger partial charge in [-0.05, 0) is 64.5 Å². The fourth-order valence-corrected chi connectivity index (χ4v) is 5.71. The molecule has 3 aliphatic rings. The first-order valence-corrected chi connectivity index (χ1v) is 13.0. The molecule has 2 aromatic rings. The van der Waals surface area contributed by atoms with Gasteiger partial charge >= 0.3 is 5.97 Å². The van der Waals surface area contributed by atoms with Crippen molar-refractivity contribution in [2.24, 2.45) is 0 Å². The van der Waals surface area contributed by atoms with Gasteiger partial charge in [-0.15, -0.1) is 0 Å². The number of nitrogens with zero attached hydrogens (tertiary/aromatic N) is 7. The fourth-order valence-electron chi connectivity index (χ4n) is 5.71. The van der Waals surface area contributed by atoms with Crippen LogP contribution in [0.1, 0.15) is 61.9 Å². The lowest BCUT2D eigenvalue weighted by Gasteiger charge is -2.42. The zero-order valence-corrected chi connectivity index (χ0v) is 21.2. The van der Waals surface area contributed by atoms with Gasteiger partial charge in [0.25, 0.3) is 0 Å². The molecule has 0 spiro atoms. The van der Waals surface area contributed by atoms with Crippen LogP contribution < -0.4 is 19.6 Å². The summed E-state index contributed by atoms with van der Waals surface area (Å²) in [6.45, 7) is 12.0. The summed E-state index contributed by atoms with van der Waals surface area (Å²) in [5, 5.41) is 9.27. The molecule has 35 heavy (non-hydrogen) atoms. The van der Waals surface area contributed by atoms with Crippen molar-refractivity contribution >= 4 is 29.4 Å². The Labute approximate surface area is 207 Å². The van der Waals surface area contributed by atoms with E-state index in [1.165, 1.54) is 38.3 Å². The zero-order chi connectivity index (χ0) is 24.5. The Morgan fingerprint density at radius 1 is 0.886 bits per heavy atom. The molecule has 5 heterocycles. The van der Waals surface area contributed by atoms with Crippen molar-refractivity contribution in [2.75, 3.05) is 58.9 Å². The normalized spacial score (nSPS) is 23.2. The third-order valence-electron chi connectivity index (χ3n) is 7.70. The molecule has 3 saturated heterocycles. The van der Waals surface area contributed by atoms with Crippen molar-refractivity contribution in [3.63, 3.8) is 0 Å². The summed E-state index contributed by atoms with van der Waals surface area (Å²) in [4.78, 5) is 35.4. The van der Waals surface area contributed by atoms with Crippen LogP contribution in [0.25, 0.3) is 0 Å². The van der Waals surface area contributed by atoms with Crippen molar-refractivity contribution in [3.8, 4) is 0 Å². The number of hydrogen-bond acceptors (Lipinski definition) is 8. The average Bonchev–Trinajstić information content (AvgIpc) is 3.30. The number of carboxylic acids is 1. The maximum absolute atomic E-state index is 11.3. The van der Waals surface area contributed by atoms with Gasteiger partial charge in [0.05, 0.1) is 5.56 Å². The second kappa shape index (κ2) is 9.87. The van der Waals surface area contributed by atoms with E-state index in [2.05, 4.69) is 44.5 Å². The summed E-state index contributed by atoms with van der Waals surface area (Å²) in [6.07, 6.45) is 7.57. The molecule has 2 aromatic heterocycles. The molecule has 3 fully saturated rings. The second-order valence-electron chi connectivity index (χ2n) is 10.3. The second-order valence-corrected chi connectivity index (χ2v) is 10.3. The van der Waals surface area contributed by atoms with Gasteiger partial charge in [0.2, 0.25) is 5.95 Å². The largest absolute Gasteiger partial charge is 0.478 e. The Morgan fingerprint density at radius 3 is 2.31 bits per heavy atom. The van der Waals surface area contributed by atoms with E-state index in [0.29, 0.717) is 6.04 Å². The van der Waals surface area contributed by atoms with E-state index in [4.69, 9.17) is 9.97 Å². The summed E-state index contributed by atoms with van der Waals surface area (Å²) in [6, 6.07) is 4.60. The van der Waals surface area contributed by atoms with Gasteiger partial charge in [0, 0.05) is 63.6 Å². The molecule has 3 aliphatic heterocycles. The number of aromatic carboxylic acids is 1. The SMILES string of the molecule is Cc1cc(C(=O)O)cnc1N1CCN(c2cc(N3CCCCC3)nc(N3CCCC3C)n2)C(C)C1. The van der Waals surface area contributed by atoms with Crippen LogP contribution in [0.4, 0.5) is 23.4 Å². The Morgan fingerprint density at radius 2 is 1.66 bits per heavy atom. The van der Waals surface area contributed by atoms with Crippen LogP contribution in [0.5, 0.6) is 0 Å². The number of anilines is 4. The molecule has 2 atom stereocenters. The van der Waals surface area contributed by atoms with E-state index in [-0.39, 0.29) is 11.6 Å². The van der Waals surface area contributed by atoms with Crippen LogP contribution in [-0.2, 0) is 0 Å². The number of carbonyl (C=O) groups is 1. The highest BCUT2D eigenvalue weighted by Gasteiger charge is 2.30. The quantitative estimate of drug-likeness (QED) is 0.691. The molecular formula is C26H37N7O2. The molecule has 9 heteroatoms. The fraction of sp³-hybridized carbons (Fsp3) is 0.615. The van der Waals surface area contributed by atoms with Crippen LogP contribution in [0, 0.1) is 6.92 Å². The Bertz CT molecular complexity index is 1070. The molecule has 0 saturated carbocycles. The maximum atomic E-state index is 11.3. The summed E-state index contributed by atoms with van der Waals surface area (Å²) in [7, 11) is 0. The molecule has 0 aromatic carbocycles. The zero-order valence-electron chi connectivity index (χ0n) is 21.2. The lowest BCUT2D eigenvalue weighted by Crippen LogP contribution is -2.53. The predicted octanol–water partition coefficient (Wildman–Crippen LogP) is 3.57. The topological polar surface area (TPSA) is 88.9 Å². The number of aryl methyl sites for hydroxylation is 1. The highest BCUT2D eigenvalue weighted by atomic mass is 16.4. The standard InChI is InChI=1S/C26H37N7O2/c1-18-14-21(25(34)35)16-27-24(18)31-12-13-32(20(3)17-31)23-15-22(30-9-5-4-6-10-30)28-26(29-23)33-11-7-8-19(33)2/h14-16,19-20H,4-13,17H2,1-3H3,(H,34,35). The summed E-state index contributed by atoms with van der Waals surface area (Å²) < 4.78 is 0. The molecule has 9 nitrogen and oxygen atoms in total. The van der Waals surface area contributed by atoms with E-state index in [0.717, 1.165) is 68.2 Å². The van der Waals surface area contributed by atoms with E-state index < -0.39 is 5.97 Å². The van der Waals surface area contributed by atoms with Crippen LogP contribution in [0.15, 0.2) is 18.3 Å². The van der Waals surface area contributed by atoms with Gasteiger partial charge in [-0.25, -0.2) is 9.78 Å². The van der Waals surface area contributed by atoms with Crippen LogP contribution >= 0.6 is 0 Å². The Hall–Kier alpha value is -3.10. The van der Waals surface area contributed by atoms with Gasteiger partial charge in [-0.3, -0.25) is 0 Å². The highest BCUT2D eigenvalue weighted by molar-refractivity contribution is 5.87. The number of hydrogen-bond donors (Lipinski definition) is 1. The lowest BCUT2D eigenvalue weighted by molar-refractivity contribution is 0.0696. The molecule has 1 N–H and O–H groups in total. The van der Waals surface area contributed by atoms with E-state index in [1.54, 1.807) is 6.07 Å². The van der Waals surface area contributed by atoms with Crippen molar-refractivity contribution < 1.29 is 9.90 Å². The van der Waals surface area contributed by atoms with E-state index >= 15 is 0 Å². The maximum Gasteiger partial charge on any atom is 0.337 e. The van der Waals surface area contributed by atoms with Crippen molar-refractivity contribution in [1.82, 2.24) is 15.0 Å². The first-order chi connectivity index (χ1) is 16.9. The summed E-state index contributed by atoms with van der Waals surface area (Å²) >= 11 is 0. The molecule has 188 valence electrons. The molecule has 0 aliphatic carbocycles. The molecule has 5 rings (SSSR count). The molecule has 0 radical (unpaired) electrons. The third-order valence-corrected chi connectivity index (χ3v) is 7.70. The van der Waals surface area contributed by atoms with E-state index in [1.807, 2.05) is 6.92 Å². The van der Waals surface area contributed by atoms with Gasteiger partial charge in [-0.1, -0.05) is 0 Å². The predicted molar refractivity (Wildman–Crippen MR) is 139 cm³/mol. The molecule has 0 amide bonds. The third kappa shape index (κ3) is 4.86. The van der Waals surface area contributed by atoms with Crippen molar-refractivity contribution in [1.29, 1.82) is 0 Å². The number of pyridine rings is 1. The van der Waals surface area contributed by atoms with Crippen LogP contribution in [0.2, 0.25) is 0 Å². The number of rotatable bonds is 5. The van der Waals surface area contributed by atoms with Gasteiger partial charge < -0.3 is 24.7 Å². The Kier molecular flexibility index (Phi) is 6.67. The lowest BCUT2D eigenvalue weighted by atomic mass is 10.1. The highest BCUT2D eigenvalue weighted by Crippen LogP contribution is 2.31.